The number of hydrogen-bond acceptors (Lipinski definition) is 5. The van der Waals surface area contributed by atoms with Gasteiger partial charge in [-0.3, -0.25) is 10.2 Å². The van der Waals surface area contributed by atoms with Crippen LogP contribution in [-0.2, 0) is 16.0 Å². The summed E-state index contributed by atoms with van der Waals surface area (Å²) in [6.07, 6.45) is 3.89. The Hall–Kier alpha value is -1.79. The Kier molecular flexibility index (Phi) is 11.4. The second-order valence-electron chi connectivity index (χ2n) is 9.31. The number of carboxylic acids is 1. The average molecular weight is 449 g/mol. The molecule has 3 unspecified atom stereocenters. The number of nitrogen functional groups attached to an aromatic ring is 1. The van der Waals surface area contributed by atoms with E-state index in [2.05, 4.69) is 20.8 Å². The predicted octanol–water partition coefficient (Wildman–Crippen LogP) is 6.24. The lowest BCUT2D eigenvalue weighted by Crippen LogP contribution is -2.27. The van der Waals surface area contributed by atoms with Crippen molar-refractivity contribution in [3.05, 3.63) is 41.3 Å². The Morgan fingerprint density at radius 2 is 1.87 bits per heavy atom. The third kappa shape index (κ3) is 9.92. The quantitative estimate of drug-likeness (QED) is 0.188. The van der Waals surface area contributed by atoms with Crippen molar-refractivity contribution in [3.63, 3.8) is 0 Å². The van der Waals surface area contributed by atoms with Crippen LogP contribution in [0.4, 0.5) is 5.69 Å². The number of carbonyl (C=O) groups is 1. The number of hydrogen-bond donors (Lipinski definition) is 3. The van der Waals surface area contributed by atoms with Crippen molar-refractivity contribution in [3.8, 4) is 0 Å². The monoisotopic (exact) mass is 448 g/mol. The van der Waals surface area contributed by atoms with Crippen LogP contribution in [0.15, 0.2) is 35.7 Å². The highest BCUT2D eigenvalue weighted by Gasteiger charge is 2.30. The van der Waals surface area contributed by atoms with Crippen LogP contribution in [0, 0.1) is 28.6 Å². The highest BCUT2D eigenvalue weighted by molar-refractivity contribution is 8.16. The summed E-state index contributed by atoms with van der Waals surface area (Å²) in [5, 5.41) is 20.5. The van der Waals surface area contributed by atoms with Crippen LogP contribution in [0.25, 0.3) is 0 Å². The molecule has 0 fully saturated rings. The molecule has 0 radical (unpaired) electrons. The van der Waals surface area contributed by atoms with Crippen LogP contribution in [-0.4, -0.2) is 28.8 Å². The summed E-state index contributed by atoms with van der Waals surface area (Å²) in [5.41, 5.74) is 6.78. The second kappa shape index (κ2) is 12.9. The molecule has 4 N–H and O–H groups in total. The van der Waals surface area contributed by atoms with Crippen molar-refractivity contribution < 1.29 is 14.6 Å². The van der Waals surface area contributed by atoms with Gasteiger partial charge in [0.1, 0.15) is 6.10 Å². The molecular weight excluding hydrogens is 408 g/mol. The van der Waals surface area contributed by atoms with E-state index >= 15 is 0 Å². The van der Waals surface area contributed by atoms with Gasteiger partial charge in [0.25, 0.3) is 0 Å². The zero-order chi connectivity index (χ0) is 23.6. The Morgan fingerprint density at radius 1 is 1.26 bits per heavy atom. The maximum atomic E-state index is 11.7. The van der Waals surface area contributed by atoms with Gasteiger partial charge in [0, 0.05) is 12.3 Å². The zero-order valence-electron chi connectivity index (χ0n) is 19.9. The molecule has 0 saturated heterocycles. The van der Waals surface area contributed by atoms with Crippen LogP contribution < -0.4 is 5.73 Å². The first-order valence-corrected chi connectivity index (χ1v) is 11.9. The number of rotatable bonds is 13. The van der Waals surface area contributed by atoms with Gasteiger partial charge in [-0.2, -0.15) is 0 Å². The molecule has 0 aliphatic carbocycles. The first-order valence-electron chi connectivity index (χ1n) is 11.1. The Morgan fingerprint density at radius 3 is 2.39 bits per heavy atom. The molecule has 174 valence electrons. The minimum Gasteiger partial charge on any atom is -0.481 e. The normalized spacial score (nSPS) is 15.2. The summed E-state index contributed by atoms with van der Waals surface area (Å²) in [6.45, 7) is 12.6. The lowest BCUT2D eigenvalue weighted by Gasteiger charge is -2.25. The summed E-state index contributed by atoms with van der Waals surface area (Å²) in [6, 6.07) is 7.70. The maximum absolute atomic E-state index is 11.7. The summed E-state index contributed by atoms with van der Waals surface area (Å²) in [5.74, 6) is 0.243. The predicted molar refractivity (Wildman–Crippen MR) is 133 cm³/mol. The van der Waals surface area contributed by atoms with Gasteiger partial charge in [0.15, 0.2) is 0 Å². The van der Waals surface area contributed by atoms with Gasteiger partial charge in [0.05, 0.1) is 10.5 Å². The highest BCUT2D eigenvalue weighted by atomic mass is 32.2. The van der Waals surface area contributed by atoms with E-state index in [1.807, 2.05) is 42.7 Å². The van der Waals surface area contributed by atoms with Crippen LogP contribution >= 0.6 is 11.8 Å². The molecule has 0 saturated carbocycles. The van der Waals surface area contributed by atoms with E-state index in [9.17, 15) is 9.90 Å². The molecule has 0 aromatic heterocycles. The fourth-order valence-corrected chi connectivity index (χ4v) is 4.03. The van der Waals surface area contributed by atoms with Crippen molar-refractivity contribution in [2.24, 2.45) is 23.2 Å². The SMILES string of the molecule is CCOC(CC(C)C(C)C)C(=N)S/C=C/C(Cc1ccc(N)cc1)CC(C)(C)C(=O)O. The third-order valence-electron chi connectivity index (χ3n) is 5.76. The second-order valence-corrected chi connectivity index (χ2v) is 10.3. The van der Waals surface area contributed by atoms with Crippen molar-refractivity contribution in [2.45, 2.75) is 66.9 Å². The summed E-state index contributed by atoms with van der Waals surface area (Å²) < 4.78 is 5.83. The molecule has 0 amide bonds. The van der Waals surface area contributed by atoms with Gasteiger partial charge in [-0.1, -0.05) is 50.7 Å². The molecule has 31 heavy (non-hydrogen) atoms. The van der Waals surface area contributed by atoms with Crippen LogP contribution in [0.2, 0.25) is 0 Å². The zero-order valence-corrected chi connectivity index (χ0v) is 20.7. The lowest BCUT2D eigenvalue weighted by atomic mass is 9.80. The Labute approximate surface area is 192 Å². The summed E-state index contributed by atoms with van der Waals surface area (Å²) in [4.78, 5) is 11.7. The minimum atomic E-state index is -0.832. The number of carboxylic acid groups (broad SMARTS) is 1. The maximum Gasteiger partial charge on any atom is 0.309 e. The molecular formula is C25H40N2O3S. The van der Waals surface area contributed by atoms with Gasteiger partial charge < -0.3 is 15.6 Å². The smallest absolute Gasteiger partial charge is 0.309 e. The van der Waals surface area contributed by atoms with E-state index in [1.165, 1.54) is 11.8 Å². The molecule has 0 aliphatic heterocycles. The van der Waals surface area contributed by atoms with E-state index in [-0.39, 0.29) is 12.0 Å². The molecule has 0 bridgehead atoms. The topological polar surface area (TPSA) is 96.4 Å². The van der Waals surface area contributed by atoms with Gasteiger partial charge in [0.2, 0.25) is 0 Å². The number of aliphatic carboxylic acids is 1. The Bertz CT molecular complexity index is 729. The number of benzene rings is 1. The molecule has 0 heterocycles. The highest BCUT2D eigenvalue weighted by Crippen LogP contribution is 2.30. The van der Waals surface area contributed by atoms with E-state index in [1.54, 1.807) is 13.8 Å². The van der Waals surface area contributed by atoms with Crippen molar-refractivity contribution >= 4 is 28.5 Å². The van der Waals surface area contributed by atoms with E-state index in [0.717, 1.165) is 18.4 Å². The molecule has 5 nitrogen and oxygen atoms in total. The van der Waals surface area contributed by atoms with E-state index in [4.69, 9.17) is 15.9 Å². The van der Waals surface area contributed by atoms with Gasteiger partial charge in [-0.15, -0.1) is 0 Å². The van der Waals surface area contributed by atoms with Crippen LogP contribution in [0.3, 0.4) is 0 Å². The number of ether oxygens (including phenoxy) is 1. The molecule has 6 heteroatoms. The summed E-state index contributed by atoms with van der Waals surface area (Å²) in [7, 11) is 0. The molecule has 3 atom stereocenters. The minimum absolute atomic E-state index is 0.0372. The molecule has 0 aliphatic rings. The molecule has 1 aromatic carbocycles. The number of nitrogens with one attached hydrogen (secondary N) is 1. The van der Waals surface area contributed by atoms with Gasteiger partial charge in [-0.25, -0.2) is 0 Å². The molecule has 1 rings (SSSR count). The first-order chi connectivity index (χ1) is 14.5. The van der Waals surface area contributed by atoms with Gasteiger partial charge >= 0.3 is 5.97 Å². The molecule has 1 aromatic rings. The fourth-order valence-electron chi connectivity index (χ4n) is 3.27. The molecule has 0 spiro atoms. The number of anilines is 1. The number of thioether (sulfide) groups is 1. The van der Waals surface area contributed by atoms with Crippen molar-refractivity contribution in [1.29, 1.82) is 5.41 Å². The largest absolute Gasteiger partial charge is 0.481 e. The lowest BCUT2D eigenvalue weighted by molar-refractivity contribution is -0.147. The van der Waals surface area contributed by atoms with Gasteiger partial charge in [-0.05, 0) is 80.9 Å². The number of allylic oxidation sites excluding steroid dienone is 1. The van der Waals surface area contributed by atoms with Crippen molar-refractivity contribution in [1.82, 2.24) is 0 Å². The average Bonchev–Trinajstić information content (AvgIpc) is 2.68. The van der Waals surface area contributed by atoms with E-state index < -0.39 is 11.4 Å². The third-order valence-corrected chi connectivity index (χ3v) is 6.57. The number of nitrogens with two attached hydrogens (primary N) is 1. The standard InChI is InChI=1S/C25H40N2O3S/c1-7-30-22(14-18(4)17(2)3)23(27)31-13-12-20(16-25(5,6)24(28)29)15-19-8-10-21(26)11-9-19/h8-13,17-18,20,22,27H,7,14-16,26H2,1-6H3,(H,28,29)/b13-12+,27-23?. The fraction of sp³-hybridized carbons (Fsp3) is 0.600. The van der Waals surface area contributed by atoms with E-state index in [0.29, 0.717) is 35.6 Å². The summed E-state index contributed by atoms with van der Waals surface area (Å²) >= 11 is 1.36. The van der Waals surface area contributed by atoms with Crippen LogP contribution in [0.5, 0.6) is 0 Å². The first kappa shape index (κ1) is 27.2. The van der Waals surface area contributed by atoms with Crippen molar-refractivity contribution in [2.75, 3.05) is 12.3 Å². The van der Waals surface area contributed by atoms with Crippen LogP contribution in [0.1, 0.15) is 59.9 Å². The Balaban J connectivity index is 2.89.